The molecule has 4 heteroatoms. The Kier molecular flexibility index (Phi) is 5.67. The van der Waals surface area contributed by atoms with Gasteiger partial charge < -0.3 is 9.84 Å². The van der Waals surface area contributed by atoms with Crippen molar-refractivity contribution in [1.82, 2.24) is 0 Å². The van der Waals surface area contributed by atoms with Crippen LogP contribution in [0.25, 0.3) is 0 Å². The Balaban J connectivity index is 4.24. The molecular weight excluding hydrogens is 196 g/mol. The summed E-state index contributed by atoms with van der Waals surface area (Å²) in [5, 5.41) is 8.52. The Morgan fingerprint density at radius 2 is 1.93 bits per heavy atom. The third-order valence-corrected chi connectivity index (χ3v) is 1.97. The highest BCUT2D eigenvalue weighted by Gasteiger charge is 2.20. The van der Waals surface area contributed by atoms with Crippen molar-refractivity contribution in [2.24, 2.45) is 5.92 Å². The number of hydrogen-bond donors (Lipinski definition) is 1. The van der Waals surface area contributed by atoms with Crippen LogP contribution in [0.5, 0.6) is 0 Å². The van der Waals surface area contributed by atoms with Crippen LogP contribution in [0, 0.1) is 5.92 Å². The smallest absolute Gasteiger partial charge is 0.345 e. The van der Waals surface area contributed by atoms with E-state index in [9.17, 15) is 9.59 Å². The maximum absolute atomic E-state index is 11.2. The highest BCUT2D eigenvalue weighted by atomic mass is 16.5. The number of rotatable bonds is 6. The Morgan fingerprint density at radius 3 is 2.27 bits per heavy atom. The lowest BCUT2D eigenvalue weighted by Crippen LogP contribution is -2.22. The normalized spacial score (nSPS) is 12.3. The average Bonchev–Trinajstić information content (AvgIpc) is 2.14. The molecule has 0 aliphatic carbocycles. The molecular formula is C11H18O4. The van der Waals surface area contributed by atoms with Crippen molar-refractivity contribution in [2.75, 3.05) is 0 Å². The third kappa shape index (κ3) is 5.20. The first-order valence-electron chi connectivity index (χ1n) is 5.01. The predicted octanol–water partition coefficient (Wildman–Crippen LogP) is 2.00. The summed E-state index contributed by atoms with van der Waals surface area (Å²) in [4.78, 5) is 21.7. The maximum Gasteiger partial charge on any atom is 0.345 e. The SMILES string of the molecule is C=C(C(=O)O)C(=O)OC(CC)CC(C)C. The molecule has 1 atom stereocenters. The zero-order valence-corrected chi connectivity index (χ0v) is 9.45. The Morgan fingerprint density at radius 1 is 1.40 bits per heavy atom. The van der Waals surface area contributed by atoms with Gasteiger partial charge in [0.2, 0.25) is 0 Å². The largest absolute Gasteiger partial charge is 0.477 e. The fourth-order valence-electron chi connectivity index (χ4n) is 1.13. The summed E-state index contributed by atoms with van der Waals surface area (Å²) >= 11 is 0. The van der Waals surface area contributed by atoms with Crippen molar-refractivity contribution >= 4 is 11.9 Å². The summed E-state index contributed by atoms with van der Waals surface area (Å²) in [5.41, 5.74) is -0.516. The highest BCUT2D eigenvalue weighted by Crippen LogP contribution is 2.13. The van der Waals surface area contributed by atoms with Crippen LogP contribution in [0.3, 0.4) is 0 Å². The summed E-state index contributed by atoms with van der Waals surface area (Å²) in [6.45, 7) is 9.07. The van der Waals surface area contributed by atoms with E-state index in [1.54, 1.807) is 0 Å². The van der Waals surface area contributed by atoms with E-state index < -0.39 is 17.5 Å². The predicted molar refractivity (Wildman–Crippen MR) is 56.4 cm³/mol. The van der Waals surface area contributed by atoms with E-state index in [-0.39, 0.29) is 6.10 Å². The molecule has 1 unspecified atom stereocenters. The van der Waals surface area contributed by atoms with Crippen molar-refractivity contribution in [1.29, 1.82) is 0 Å². The summed E-state index contributed by atoms with van der Waals surface area (Å²) in [6.07, 6.45) is 1.18. The minimum atomic E-state index is -1.33. The lowest BCUT2D eigenvalue weighted by atomic mass is 10.0. The standard InChI is InChI=1S/C11H18O4/c1-5-9(6-7(2)3)15-11(14)8(4)10(12)13/h7,9H,4-6H2,1-3H3,(H,12,13). The fourth-order valence-corrected chi connectivity index (χ4v) is 1.13. The Bertz CT molecular complexity index is 255. The van der Waals surface area contributed by atoms with Crippen LogP contribution in [0.4, 0.5) is 0 Å². The molecule has 4 nitrogen and oxygen atoms in total. The lowest BCUT2D eigenvalue weighted by Gasteiger charge is -2.17. The number of aliphatic carboxylic acids is 1. The van der Waals surface area contributed by atoms with E-state index in [1.165, 1.54) is 0 Å². The minimum Gasteiger partial charge on any atom is -0.477 e. The first-order valence-corrected chi connectivity index (χ1v) is 5.01. The number of hydrogen-bond acceptors (Lipinski definition) is 3. The summed E-state index contributed by atoms with van der Waals surface area (Å²) in [7, 11) is 0. The fraction of sp³-hybridized carbons (Fsp3) is 0.636. The molecule has 0 spiro atoms. The van der Waals surface area contributed by atoms with Crippen molar-refractivity contribution in [3.8, 4) is 0 Å². The Hall–Kier alpha value is -1.32. The topological polar surface area (TPSA) is 63.6 Å². The number of carbonyl (C=O) groups is 2. The van der Waals surface area contributed by atoms with Crippen LogP contribution in [-0.4, -0.2) is 23.1 Å². The minimum absolute atomic E-state index is 0.228. The number of carbonyl (C=O) groups excluding carboxylic acids is 1. The van der Waals surface area contributed by atoms with E-state index in [4.69, 9.17) is 9.84 Å². The molecule has 1 N–H and O–H groups in total. The second-order valence-electron chi connectivity index (χ2n) is 3.85. The van der Waals surface area contributed by atoms with Gasteiger partial charge in [-0.25, -0.2) is 9.59 Å². The van der Waals surface area contributed by atoms with Crippen molar-refractivity contribution in [3.05, 3.63) is 12.2 Å². The molecule has 15 heavy (non-hydrogen) atoms. The van der Waals surface area contributed by atoms with Crippen molar-refractivity contribution in [3.63, 3.8) is 0 Å². The molecule has 0 rings (SSSR count). The lowest BCUT2D eigenvalue weighted by molar-refractivity contribution is -0.148. The van der Waals surface area contributed by atoms with E-state index in [0.717, 1.165) is 6.42 Å². The van der Waals surface area contributed by atoms with Gasteiger partial charge in [-0.15, -0.1) is 0 Å². The van der Waals surface area contributed by atoms with Crippen LogP contribution in [0.15, 0.2) is 12.2 Å². The second-order valence-corrected chi connectivity index (χ2v) is 3.85. The van der Waals surface area contributed by atoms with Gasteiger partial charge >= 0.3 is 11.9 Å². The molecule has 0 fully saturated rings. The quantitative estimate of drug-likeness (QED) is 0.318. The molecule has 0 amide bonds. The van der Waals surface area contributed by atoms with Crippen LogP contribution < -0.4 is 0 Å². The van der Waals surface area contributed by atoms with Gasteiger partial charge in [0.25, 0.3) is 0 Å². The van der Waals surface area contributed by atoms with Crippen LogP contribution >= 0.6 is 0 Å². The number of carboxylic acids is 1. The van der Waals surface area contributed by atoms with Crippen LogP contribution in [-0.2, 0) is 14.3 Å². The molecule has 0 heterocycles. The second kappa shape index (κ2) is 6.22. The molecule has 0 bridgehead atoms. The molecule has 0 saturated carbocycles. The first-order chi connectivity index (χ1) is 6.88. The number of esters is 1. The Labute approximate surface area is 89.9 Å². The molecule has 0 radical (unpaired) electrons. The monoisotopic (exact) mass is 214 g/mol. The first kappa shape index (κ1) is 13.7. The van der Waals surface area contributed by atoms with E-state index in [1.807, 2.05) is 20.8 Å². The molecule has 0 aliphatic rings. The summed E-state index contributed by atoms with van der Waals surface area (Å²) in [5.74, 6) is -1.77. The van der Waals surface area contributed by atoms with Crippen LogP contribution in [0.1, 0.15) is 33.6 Å². The van der Waals surface area contributed by atoms with Gasteiger partial charge in [-0.1, -0.05) is 27.4 Å². The molecule has 0 saturated heterocycles. The zero-order valence-electron chi connectivity index (χ0n) is 9.45. The zero-order chi connectivity index (χ0) is 12.0. The van der Waals surface area contributed by atoms with E-state index in [0.29, 0.717) is 12.3 Å². The van der Waals surface area contributed by atoms with Crippen molar-refractivity contribution in [2.45, 2.75) is 39.7 Å². The van der Waals surface area contributed by atoms with Gasteiger partial charge in [-0.05, 0) is 18.8 Å². The van der Waals surface area contributed by atoms with Gasteiger partial charge in [-0.2, -0.15) is 0 Å². The van der Waals surface area contributed by atoms with Gasteiger partial charge in [0.1, 0.15) is 11.7 Å². The molecule has 86 valence electrons. The summed E-state index contributed by atoms with van der Waals surface area (Å²) in [6, 6.07) is 0. The van der Waals surface area contributed by atoms with E-state index >= 15 is 0 Å². The highest BCUT2D eigenvalue weighted by molar-refractivity contribution is 6.12. The molecule has 0 aliphatic heterocycles. The summed E-state index contributed by atoms with van der Waals surface area (Å²) < 4.78 is 5.01. The number of carboxylic acid groups (broad SMARTS) is 1. The third-order valence-electron chi connectivity index (χ3n) is 1.97. The van der Waals surface area contributed by atoms with Crippen LogP contribution in [0.2, 0.25) is 0 Å². The van der Waals surface area contributed by atoms with E-state index in [2.05, 4.69) is 6.58 Å². The molecule has 0 aromatic rings. The van der Waals surface area contributed by atoms with Crippen molar-refractivity contribution < 1.29 is 19.4 Å². The number of ether oxygens (including phenoxy) is 1. The molecule has 0 aromatic carbocycles. The van der Waals surface area contributed by atoms with Gasteiger partial charge in [0.05, 0.1) is 0 Å². The van der Waals surface area contributed by atoms with Gasteiger partial charge in [0, 0.05) is 0 Å². The van der Waals surface area contributed by atoms with Gasteiger partial charge in [-0.3, -0.25) is 0 Å². The molecule has 0 aromatic heterocycles. The maximum atomic E-state index is 11.2. The van der Waals surface area contributed by atoms with Gasteiger partial charge in [0.15, 0.2) is 0 Å². The average molecular weight is 214 g/mol.